The predicted octanol–water partition coefficient (Wildman–Crippen LogP) is -4.47. The molecule has 0 bridgehead atoms. The quantitative estimate of drug-likeness (QED) is 0.172. The molecule has 0 saturated carbocycles. The summed E-state index contributed by atoms with van der Waals surface area (Å²) in [6, 6.07) is 0. The van der Waals surface area contributed by atoms with E-state index in [1.54, 1.807) is 0 Å². The number of rotatable bonds is 3. The van der Waals surface area contributed by atoms with Gasteiger partial charge in [-0.2, -0.15) is 0 Å². The number of carboxylic acid groups (broad SMARTS) is 1. The zero-order chi connectivity index (χ0) is 10.6. The van der Waals surface area contributed by atoms with Crippen LogP contribution in [0.2, 0.25) is 0 Å². The molecule has 0 radical (unpaired) electrons. The first-order valence-corrected chi connectivity index (χ1v) is 4.63. The molecule has 0 aromatic heterocycles. The van der Waals surface area contributed by atoms with Gasteiger partial charge in [-0.1, -0.05) is 0 Å². The van der Waals surface area contributed by atoms with Gasteiger partial charge in [-0.3, -0.25) is 4.79 Å². The van der Waals surface area contributed by atoms with Crippen molar-refractivity contribution in [3.05, 3.63) is 0 Å². The van der Waals surface area contributed by atoms with E-state index in [0.717, 1.165) is 4.90 Å². The average molecular weight is 251 g/mol. The van der Waals surface area contributed by atoms with Gasteiger partial charge >= 0.3 is 65.1 Å². The molecule has 10 heteroatoms. The normalized spacial score (nSPS) is 11.8. The molecule has 78 valence electrons. The number of nitrogens with zero attached hydrogens (tertiary/aromatic N) is 2. The maximum atomic E-state index is 10.3. The standard InChI is InChI=1S/C4H10N3O5P.K.H/c1-7(2-3(8)9)4(5)6-13(10,11)12;;/h2H2,1H3,(H,8,9)(H4,5,6,10,11,12);;/q;+1;-1. The number of hydrogen-bond donors (Lipinski definition) is 4. The molecule has 0 aliphatic rings. The van der Waals surface area contributed by atoms with Crippen LogP contribution >= 0.6 is 7.75 Å². The van der Waals surface area contributed by atoms with Crippen LogP contribution in [0.5, 0.6) is 0 Å². The van der Waals surface area contributed by atoms with Crippen molar-refractivity contribution >= 4 is 19.7 Å². The fourth-order valence-corrected chi connectivity index (χ4v) is 0.913. The van der Waals surface area contributed by atoms with Crippen LogP contribution < -0.4 is 57.1 Å². The smallest absolute Gasteiger partial charge is 1.00 e. The molecule has 0 saturated heterocycles. The number of carboxylic acids is 1. The molecule has 0 aliphatic heterocycles. The zero-order valence-electron chi connectivity index (χ0n) is 8.78. The minimum absolute atomic E-state index is 0. The molecule has 14 heavy (non-hydrogen) atoms. The van der Waals surface area contributed by atoms with Gasteiger partial charge in [-0.05, 0) is 0 Å². The summed E-state index contributed by atoms with van der Waals surface area (Å²) in [6.45, 7) is -0.477. The van der Waals surface area contributed by atoms with Crippen molar-refractivity contribution in [1.29, 1.82) is 0 Å². The zero-order valence-corrected chi connectivity index (χ0v) is 11.8. The average Bonchev–Trinajstić information content (AvgIpc) is 1.81. The number of guanidine groups is 1. The van der Waals surface area contributed by atoms with Gasteiger partial charge in [0.2, 0.25) is 5.96 Å². The summed E-state index contributed by atoms with van der Waals surface area (Å²) in [5, 5.41) is 8.28. The van der Waals surface area contributed by atoms with Crippen molar-refractivity contribution in [3.8, 4) is 0 Å². The Morgan fingerprint density at radius 1 is 1.64 bits per heavy atom. The Hall–Kier alpha value is 0.526. The van der Waals surface area contributed by atoms with E-state index in [0.29, 0.717) is 0 Å². The molecule has 0 fully saturated rings. The fraction of sp³-hybridized carbons (Fsp3) is 0.500. The maximum absolute atomic E-state index is 10.3. The van der Waals surface area contributed by atoms with Gasteiger partial charge in [0.15, 0.2) is 0 Å². The Labute approximate surface area is 124 Å². The minimum atomic E-state index is -4.59. The van der Waals surface area contributed by atoms with E-state index in [1.807, 2.05) is 0 Å². The van der Waals surface area contributed by atoms with Crippen LogP contribution in [-0.4, -0.2) is 45.3 Å². The summed E-state index contributed by atoms with van der Waals surface area (Å²) >= 11 is 0. The van der Waals surface area contributed by atoms with Crippen molar-refractivity contribution in [2.24, 2.45) is 10.5 Å². The third-order valence-electron chi connectivity index (χ3n) is 0.996. The summed E-state index contributed by atoms with van der Waals surface area (Å²) in [5.74, 6) is -1.69. The van der Waals surface area contributed by atoms with Crippen LogP contribution in [0, 0.1) is 0 Å². The SMILES string of the molecule is CN(CC(=O)O)C(N)=NP(=O)(O)O.[H-].[K+]. The molecule has 0 atom stereocenters. The first-order chi connectivity index (χ1) is 5.72. The Kier molecular flexibility index (Phi) is 8.36. The Morgan fingerprint density at radius 2 is 2.07 bits per heavy atom. The van der Waals surface area contributed by atoms with E-state index in [9.17, 15) is 9.36 Å². The van der Waals surface area contributed by atoms with Crippen molar-refractivity contribution in [2.45, 2.75) is 0 Å². The molecule has 0 aliphatic carbocycles. The van der Waals surface area contributed by atoms with Crippen molar-refractivity contribution in [3.63, 3.8) is 0 Å². The molecule has 0 amide bonds. The summed E-state index contributed by atoms with van der Waals surface area (Å²) < 4.78 is 13.1. The maximum Gasteiger partial charge on any atom is 1.00 e. The number of nitrogens with two attached hydrogens (primary N) is 1. The molecular formula is C4H11KN3O5P. The van der Waals surface area contributed by atoms with E-state index in [1.165, 1.54) is 7.05 Å². The fourth-order valence-electron chi connectivity index (χ4n) is 0.494. The first kappa shape index (κ1) is 16.9. The Bertz CT molecular complexity index is 281. The molecule has 0 spiro atoms. The number of hydrogen-bond acceptors (Lipinski definition) is 2. The Balaban J connectivity index is -0.000000720. The number of aliphatic carboxylic acids is 1. The van der Waals surface area contributed by atoms with Crippen LogP contribution in [0.15, 0.2) is 4.76 Å². The third kappa shape index (κ3) is 9.10. The second kappa shape index (κ2) is 6.91. The van der Waals surface area contributed by atoms with Crippen LogP contribution in [0.4, 0.5) is 0 Å². The van der Waals surface area contributed by atoms with E-state index in [2.05, 4.69) is 4.76 Å². The van der Waals surface area contributed by atoms with Crippen LogP contribution in [0.1, 0.15) is 1.43 Å². The first-order valence-electron chi connectivity index (χ1n) is 3.06. The molecule has 0 unspecified atom stereocenters. The Morgan fingerprint density at radius 3 is 2.36 bits per heavy atom. The second-order valence-corrected chi connectivity index (χ2v) is 3.45. The molecule has 8 nitrogen and oxygen atoms in total. The van der Waals surface area contributed by atoms with Gasteiger partial charge < -0.3 is 27.0 Å². The minimum Gasteiger partial charge on any atom is -1.00 e. The van der Waals surface area contributed by atoms with Crippen LogP contribution in [0.25, 0.3) is 0 Å². The van der Waals surface area contributed by atoms with Gasteiger partial charge in [0.25, 0.3) is 0 Å². The summed E-state index contributed by atoms with van der Waals surface area (Å²) in [5.41, 5.74) is 5.07. The van der Waals surface area contributed by atoms with E-state index in [4.69, 9.17) is 20.6 Å². The largest absolute Gasteiger partial charge is 1.00 e. The van der Waals surface area contributed by atoms with E-state index in [-0.39, 0.29) is 52.8 Å². The van der Waals surface area contributed by atoms with Crippen LogP contribution in [-0.2, 0) is 9.36 Å². The van der Waals surface area contributed by atoms with Crippen molar-refractivity contribution in [1.82, 2.24) is 4.90 Å². The monoisotopic (exact) mass is 251 g/mol. The van der Waals surface area contributed by atoms with Gasteiger partial charge in [0.05, 0.1) is 0 Å². The molecule has 0 aromatic rings. The van der Waals surface area contributed by atoms with E-state index < -0.39 is 26.2 Å². The molecule has 0 aromatic carbocycles. The topological polar surface area (TPSA) is 136 Å². The van der Waals surface area contributed by atoms with Gasteiger partial charge in [0, 0.05) is 7.05 Å². The summed E-state index contributed by atoms with van der Waals surface area (Å²) in [6.07, 6.45) is 0. The molecule has 5 N–H and O–H groups in total. The van der Waals surface area contributed by atoms with Gasteiger partial charge in [-0.25, -0.2) is 4.57 Å². The second-order valence-electron chi connectivity index (χ2n) is 2.22. The van der Waals surface area contributed by atoms with Gasteiger partial charge in [0.1, 0.15) is 6.54 Å². The van der Waals surface area contributed by atoms with E-state index >= 15 is 0 Å². The molecule has 0 rings (SSSR count). The third-order valence-corrected chi connectivity index (χ3v) is 1.46. The van der Waals surface area contributed by atoms with Crippen LogP contribution in [0.3, 0.4) is 0 Å². The molecule has 0 heterocycles. The summed E-state index contributed by atoms with van der Waals surface area (Å²) in [7, 11) is -3.34. The number of likely N-dealkylation sites (N-methyl/N-ethyl adjacent to an activating group) is 1. The predicted molar refractivity (Wildman–Crippen MR) is 45.0 cm³/mol. The number of carbonyl (C=O) groups is 1. The summed E-state index contributed by atoms with van der Waals surface area (Å²) in [4.78, 5) is 27.7. The van der Waals surface area contributed by atoms with Gasteiger partial charge in [-0.15, -0.1) is 4.76 Å². The molecular weight excluding hydrogens is 240 g/mol. The van der Waals surface area contributed by atoms with Crippen molar-refractivity contribution in [2.75, 3.05) is 13.6 Å². The van der Waals surface area contributed by atoms with Crippen molar-refractivity contribution < 1.29 is 77.1 Å².